The van der Waals surface area contributed by atoms with E-state index in [1.807, 2.05) is 6.07 Å². The summed E-state index contributed by atoms with van der Waals surface area (Å²) in [6.07, 6.45) is 3.24. The van der Waals surface area contributed by atoms with Gasteiger partial charge in [-0.25, -0.2) is 4.79 Å². The number of halogens is 1. The number of fused-ring (bicyclic) bond motifs is 1. The first kappa shape index (κ1) is 13.8. The van der Waals surface area contributed by atoms with Crippen molar-refractivity contribution in [1.82, 2.24) is 0 Å². The summed E-state index contributed by atoms with van der Waals surface area (Å²) in [6.45, 7) is -0.238. The predicted molar refractivity (Wildman–Crippen MR) is 80.3 cm³/mol. The molecule has 1 aliphatic carbocycles. The van der Waals surface area contributed by atoms with Crippen molar-refractivity contribution in [3.8, 4) is 0 Å². The van der Waals surface area contributed by atoms with Gasteiger partial charge in [0.2, 0.25) is 5.78 Å². The first-order valence-electron chi connectivity index (χ1n) is 6.21. The summed E-state index contributed by atoms with van der Waals surface area (Å²) in [5.41, 5.74) is 1.25. The van der Waals surface area contributed by atoms with Crippen LogP contribution in [0.15, 0.2) is 18.2 Å². The number of hydrogen-bond donors (Lipinski definition) is 0. The first-order valence-corrected chi connectivity index (χ1v) is 8.22. The largest absolute Gasteiger partial charge is 0.453 e. The Morgan fingerprint density at radius 1 is 1.20 bits per heavy atom. The highest BCUT2D eigenvalue weighted by Gasteiger charge is 2.20. The number of carbonyl (C=O) groups excluding carboxylic acids is 2. The lowest BCUT2D eigenvalue weighted by molar-refractivity contribution is 0.0480. The number of ether oxygens (including phenoxy) is 1. The summed E-state index contributed by atoms with van der Waals surface area (Å²) in [4.78, 5) is 26.1. The van der Waals surface area contributed by atoms with Gasteiger partial charge < -0.3 is 4.74 Å². The van der Waals surface area contributed by atoms with Crippen LogP contribution >= 0.6 is 34.3 Å². The van der Waals surface area contributed by atoms with Gasteiger partial charge in [-0.1, -0.05) is 11.6 Å². The molecule has 0 fully saturated rings. The molecule has 104 valence electrons. The van der Waals surface area contributed by atoms with Crippen LogP contribution in [0.3, 0.4) is 0 Å². The standard InChI is InChI=1S/C14H11ClO3S2/c15-13-5-4-11(20-13)9(16)7-18-14(17)12-6-8-2-1-3-10(8)19-12/h4-6H,1-3,7H2. The molecule has 0 spiro atoms. The van der Waals surface area contributed by atoms with E-state index in [-0.39, 0.29) is 12.4 Å². The van der Waals surface area contributed by atoms with E-state index in [2.05, 4.69) is 0 Å². The van der Waals surface area contributed by atoms with Crippen LogP contribution in [0.5, 0.6) is 0 Å². The second-order valence-corrected chi connectivity index (χ2v) is 7.37. The molecule has 2 aromatic heterocycles. The number of esters is 1. The number of hydrogen-bond acceptors (Lipinski definition) is 5. The van der Waals surface area contributed by atoms with Gasteiger partial charge in [-0.3, -0.25) is 4.79 Å². The van der Waals surface area contributed by atoms with Crippen molar-refractivity contribution < 1.29 is 14.3 Å². The summed E-state index contributed by atoms with van der Waals surface area (Å²) in [5.74, 6) is -0.639. The zero-order valence-electron chi connectivity index (χ0n) is 10.5. The maximum absolute atomic E-state index is 11.9. The third-order valence-electron chi connectivity index (χ3n) is 3.13. The quantitative estimate of drug-likeness (QED) is 0.630. The first-order chi connectivity index (χ1) is 9.63. The van der Waals surface area contributed by atoms with E-state index < -0.39 is 5.97 Å². The van der Waals surface area contributed by atoms with Crippen molar-refractivity contribution in [3.63, 3.8) is 0 Å². The molecule has 0 bridgehead atoms. The fourth-order valence-electron chi connectivity index (χ4n) is 2.17. The second-order valence-electron chi connectivity index (χ2n) is 4.52. The van der Waals surface area contributed by atoms with E-state index >= 15 is 0 Å². The molecule has 0 aliphatic heterocycles. The highest BCUT2D eigenvalue weighted by molar-refractivity contribution is 7.18. The minimum Gasteiger partial charge on any atom is -0.453 e. The molecule has 0 radical (unpaired) electrons. The number of ketones is 1. The molecule has 3 rings (SSSR count). The Balaban J connectivity index is 1.60. The zero-order valence-corrected chi connectivity index (χ0v) is 12.9. The van der Waals surface area contributed by atoms with Gasteiger partial charge in [0.15, 0.2) is 6.61 Å². The molecule has 20 heavy (non-hydrogen) atoms. The maximum Gasteiger partial charge on any atom is 0.348 e. The van der Waals surface area contributed by atoms with Gasteiger partial charge >= 0.3 is 5.97 Å². The number of rotatable bonds is 4. The molecule has 0 unspecified atom stereocenters. The SMILES string of the molecule is O=C(COC(=O)c1cc2c(s1)CCC2)c1ccc(Cl)s1. The summed E-state index contributed by atoms with van der Waals surface area (Å²) >= 11 is 8.43. The Morgan fingerprint density at radius 2 is 2.05 bits per heavy atom. The van der Waals surface area contributed by atoms with Crippen molar-refractivity contribution in [2.24, 2.45) is 0 Å². The summed E-state index contributed by atoms with van der Waals surface area (Å²) in [7, 11) is 0. The predicted octanol–water partition coefficient (Wildman–Crippen LogP) is 3.99. The molecule has 0 atom stereocenters. The number of carbonyl (C=O) groups is 2. The molecule has 0 saturated heterocycles. The van der Waals surface area contributed by atoms with Gasteiger partial charge in [-0.15, -0.1) is 22.7 Å². The van der Waals surface area contributed by atoms with Crippen LogP contribution in [-0.4, -0.2) is 18.4 Å². The second kappa shape index (κ2) is 5.68. The molecule has 0 saturated carbocycles. The van der Waals surface area contributed by atoms with Gasteiger partial charge in [0.25, 0.3) is 0 Å². The third kappa shape index (κ3) is 2.80. The number of Topliss-reactive ketones (excluding diaryl/α,β-unsaturated/α-hetero) is 1. The van der Waals surface area contributed by atoms with Gasteiger partial charge in [-0.2, -0.15) is 0 Å². The molecule has 2 aromatic rings. The van der Waals surface area contributed by atoms with E-state index in [0.29, 0.717) is 14.1 Å². The van der Waals surface area contributed by atoms with Crippen molar-refractivity contribution in [1.29, 1.82) is 0 Å². The molecule has 3 nitrogen and oxygen atoms in total. The monoisotopic (exact) mass is 326 g/mol. The fourth-order valence-corrected chi connectivity index (χ4v) is 4.28. The zero-order chi connectivity index (χ0) is 14.1. The molecule has 2 heterocycles. The normalized spacial score (nSPS) is 13.2. The summed E-state index contributed by atoms with van der Waals surface area (Å²) < 4.78 is 5.63. The van der Waals surface area contributed by atoms with Crippen LogP contribution < -0.4 is 0 Å². The smallest absolute Gasteiger partial charge is 0.348 e. The molecule has 0 N–H and O–H groups in total. The topological polar surface area (TPSA) is 43.4 Å². The van der Waals surface area contributed by atoms with Crippen LogP contribution in [0.25, 0.3) is 0 Å². The average Bonchev–Trinajstić information content (AvgIpc) is 3.09. The lowest BCUT2D eigenvalue weighted by Crippen LogP contribution is -2.12. The van der Waals surface area contributed by atoms with Crippen LogP contribution in [0.1, 0.15) is 36.2 Å². The van der Waals surface area contributed by atoms with Gasteiger partial charge in [0.1, 0.15) is 4.88 Å². The van der Waals surface area contributed by atoms with Crippen molar-refractivity contribution in [2.45, 2.75) is 19.3 Å². The van der Waals surface area contributed by atoms with Gasteiger partial charge in [0, 0.05) is 4.88 Å². The highest BCUT2D eigenvalue weighted by atomic mass is 35.5. The molecular formula is C14H11ClO3S2. The Labute approximate surface area is 129 Å². The Hall–Kier alpha value is -1.17. The Kier molecular flexibility index (Phi) is 3.92. The summed E-state index contributed by atoms with van der Waals surface area (Å²) in [5, 5.41) is 0. The number of thiophene rings is 2. The van der Waals surface area contributed by atoms with E-state index in [4.69, 9.17) is 16.3 Å². The Bertz CT molecular complexity index is 650. The van der Waals surface area contributed by atoms with Crippen molar-refractivity contribution in [2.75, 3.05) is 6.61 Å². The average molecular weight is 327 g/mol. The minimum atomic E-state index is -0.416. The van der Waals surface area contributed by atoms with Gasteiger partial charge in [0.05, 0.1) is 9.21 Å². The van der Waals surface area contributed by atoms with Crippen LogP contribution in [0, 0.1) is 0 Å². The molecule has 0 aromatic carbocycles. The molecular weight excluding hydrogens is 316 g/mol. The maximum atomic E-state index is 11.9. The lowest BCUT2D eigenvalue weighted by Gasteiger charge is -2.01. The van der Waals surface area contributed by atoms with Crippen LogP contribution in [-0.2, 0) is 17.6 Å². The fraction of sp³-hybridized carbons (Fsp3) is 0.286. The van der Waals surface area contributed by atoms with E-state index in [1.54, 1.807) is 12.1 Å². The van der Waals surface area contributed by atoms with E-state index in [9.17, 15) is 9.59 Å². The third-order valence-corrected chi connectivity index (χ3v) is 5.62. The van der Waals surface area contributed by atoms with Crippen LogP contribution in [0.2, 0.25) is 4.34 Å². The molecule has 1 aliphatic rings. The molecule has 6 heteroatoms. The minimum absolute atomic E-state index is 0.223. The Morgan fingerprint density at radius 3 is 2.75 bits per heavy atom. The van der Waals surface area contributed by atoms with Crippen molar-refractivity contribution in [3.05, 3.63) is 42.7 Å². The number of aryl methyl sites for hydroxylation is 2. The summed E-state index contributed by atoms with van der Waals surface area (Å²) in [6, 6.07) is 5.19. The van der Waals surface area contributed by atoms with E-state index in [1.165, 1.54) is 33.1 Å². The van der Waals surface area contributed by atoms with Crippen LogP contribution in [0.4, 0.5) is 0 Å². The lowest BCUT2D eigenvalue weighted by atomic mass is 10.2. The molecule has 0 amide bonds. The highest BCUT2D eigenvalue weighted by Crippen LogP contribution is 2.31. The van der Waals surface area contributed by atoms with E-state index in [0.717, 1.165) is 19.3 Å². The van der Waals surface area contributed by atoms with Crippen molar-refractivity contribution >= 4 is 46.0 Å². The van der Waals surface area contributed by atoms with Gasteiger partial charge in [-0.05, 0) is 43.0 Å².